The van der Waals surface area contributed by atoms with Gasteiger partial charge >= 0.3 is 12.1 Å². The molecule has 2 N–H and O–H groups in total. The number of amides is 2. The maximum Gasteiger partial charge on any atom is 0.405 e. The van der Waals surface area contributed by atoms with Crippen LogP contribution >= 0.6 is 11.3 Å². The van der Waals surface area contributed by atoms with E-state index in [4.69, 9.17) is 4.74 Å². The number of aryl methyl sites for hydroxylation is 1. The van der Waals surface area contributed by atoms with Crippen molar-refractivity contribution in [2.24, 2.45) is 0 Å². The highest BCUT2D eigenvalue weighted by molar-refractivity contribution is 7.17. The van der Waals surface area contributed by atoms with Gasteiger partial charge in [-0.3, -0.25) is 9.59 Å². The average Bonchev–Trinajstić information content (AvgIpc) is 2.88. The molecule has 0 aromatic carbocycles. The zero-order chi connectivity index (χ0) is 19.5. The lowest BCUT2D eigenvalue weighted by Gasteiger charge is -2.16. The lowest BCUT2D eigenvalue weighted by molar-refractivity contribution is -0.143. The van der Waals surface area contributed by atoms with Crippen molar-refractivity contribution in [1.29, 1.82) is 0 Å². The molecule has 1 unspecified atom stereocenters. The summed E-state index contributed by atoms with van der Waals surface area (Å²) < 4.78 is 41.5. The highest BCUT2D eigenvalue weighted by Gasteiger charge is 2.31. The van der Waals surface area contributed by atoms with Gasteiger partial charge in [-0.1, -0.05) is 0 Å². The Bertz CT molecular complexity index is 715. The van der Waals surface area contributed by atoms with E-state index in [0.29, 0.717) is 11.4 Å². The van der Waals surface area contributed by atoms with Crippen molar-refractivity contribution in [1.82, 2.24) is 5.32 Å². The zero-order valence-corrected chi connectivity index (χ0v) is 15.1. The maximum atomic E-state index is 12.5. The third kappa shape index (κ3) is 5.20. The van der Waals surface area contributed by atoms with Crippen LogP contribution in [0.15, 0.2) is 0 Å². The van der Waals surface area contributed by atoms with Crippen LogP contribution in [0.3, 0.4) is 0 Å². The molecule has 0 bridgehead atoms. The molecule has 2 amide bonds. The van der Waals surface area contributed by atoms with Crippen molar-refractivity contribution in [3.63, 3.8) is 0 Å². The van der Waals surface area contributed by atoms with Gasteiger partial charge < -0.3 is 15.4 Å². The summed E-state index contributed by atoms with van der Waals surface area (Å²) in [5.41, 5.74) is 0.966. The number of hydrogen-bond acceptors (Lipinski definition) is 5. The third-order valence-corrected chi connectivity index (χ3v) is 4.99. The van der Waals surface area contributed by atoms with Crippen LogP contribution in [-0.2, 0) is 27.2 Å². The molecule has 1 heterocycles. The Balaban J connectivity index is 2.14. The SMILES string of the molecule is CC(=O)Nc1sc2c(c1C(=O)OC(C)C(=O)NCC(F)(F)F)CCCC2. The van der Waals surface area contributed by atoms with E-state index in [2.05, 4.69) is 5.32 Å². The van der Waals surface area contributed by atoms with Gasteiger partial charge in [0.05, 0.1) is 5.56 Å². The summed E-state index contributed by atoms with van der Waals surface area (Å²) in [6.07, 6.45) is -2.67. The molecule has 1 atom stereocenters. The molecule has 10 heteroatoms. The number of esters is 1. The first-order valence-corrected chi connectivity index (χ1v) is 8.87. The van der Waals surface area contributed by atoms with Gasteiger partial charge in [0.15, 0.2) is 6.10 Å². The number of carbonyl (C=O) groups excluding carboxylic acids is 3. The Morgan fingerprint density at radius 3 is 2.50 bits per heavy atom. The fourth-order valence-corrected chi connectivity index (χ4v) is 3.96. The van der Waals surface area contributed by atoms with E-state index in [1.165, 1.54) is 25.2 Å². The van der Waals surface area contributed by atoms with Crippen LogP contribution in [-0.4, -0.2) is 36.6 Å². The van der Waals surface area contributed by atoms with Crippen molar-refractivity contribution < 1.29 is 32.3 Å². The van der Waals surface area contributed by atoms with Crippen LogP contribution in [0.5, 0.6) is 0 Å². The predicted octanol–water partition coefficient (Wildman–Crippen LogP) is 2.81. The molecule has 0 spiro atoms. The Hall–Kier alpha value is -2.10. The molecule has 1 aromatic heterocycles. The van der Waals surface area contributed by atoms with Crippen molar-refractivity contribution >= 4 is 34.1 Å². The molecule has 1 aromatic rings. The summed E-state index contributed by atoms with van der Waals surface area (Å²) in [5, 5.41) is 4.61. The summed E-state index contributed by atoms with van der Waals surface area (Å²) in [6, 6.07) is 0. The normalized spacial score (nSPS) is 15.0. The summed E-state index contributed by atoms with van der Waals surface area (Å²) in [4.78, 5) is 36.6. The minimum absolute atomic E-state index is 0.190. The summed E-state index contributed by atoms with van der Waals surface area (Å²) in [7, 11) is 0. The number of rotatable bonds is 5. The highest BCUT2D eigenvalue weighted by atomic mass is 32.1. The molecule has 0 saturated heterocycles. The Kier molecular flexibility index (Phi) is 6.27. The average molecular weight is 392 g/mol. The minimum atomic E-state index is -4.55. The molecule has 0 fully saturated rings. The summed E-state index contributed by atoms with van der Waals surface area (Å²) >= 11 is 1.29. The molecule has 0 saturated carbocycles. The lowest BCUT2D eigenvalue weighted by Crippen LogP contribution is -2.40. The second-order valence-corrected chi connectivity index (χ2v) is 7.08. The predicted molar refractivity (Wildman–Crippen MR) is 89.2 cm³/mol. The topological polar surface area (TPSA) is 84.5 Å². The molecule has 1 aliphatic carbocycles. The number of nitrogens with one attached hydrogen (secondary N) is 2. The van der Waals surface area contributed by atoms with Crippen LogP contribution in [0.2, 0.25) is 0 Å². The second kappa shape index (κ2) is 8.07. The van der Waals surface area contributed by atoms with E-state index in [9.17, 15) is 27.6 Å². The number of carbonyl (C=O) groups is 3. The number of anilines is 1. The van der Waals surface area contributed by atoms with E-state index in [0.717, 1.165) is 29.7 Å². The van der Waals surface area contributed by atoms with Gasteiger partial charge in [0.1, 0.15) is 11.5 Å². The number of hydrogen-bond donors (Lipinski definition) is 2. The third-order valence-electron chi connectivity index (χ3n) is 3.78. The highest BCUT2D eigenvalue weighted by Crippen LogP contribution is 2.38. The second-order valence-electron chi connectivity index (χ2n) is 5.98. The number of alkyl halides is 3. The summed E-state index contributed by atoms with van der Waals surface area (Å²) in [6.45, 7) is 1.00. The first-order chi connectivity index (χ1) is 12.1. The first kappa shape index (κ1) is 20.2. The zero-order valence-electron chi connectivity index (χ0n) is 14.3. The number of ether oxygens (including phenoxy) is 1. The van der Waals surface area contributed by atoms with Gasteiger partial charge in [-0.25, -0.2) is 4.79 Å². The molecule has 0 radical (unpaired) electrons. The minimum Gasteiger partial charge on any atom is -0.449 e. The van der Waals surface area contributed by atoms with Crippen LogP contribution in [0.1, 0.15) is 47.5 Å². The van der Waals surface area contributed by atoms with Crippen molar-refractivity contribution in [3.8, 4) is 0 Å². The Morgan fingerprint density at radius 1 is 1.23 bits per heavy atom. The summed E-state index contributed by atoms with van der Waals surface area (Å²) in [5.74, 6) is -2.22. The van der Waals surface area contributed by atoms with Gasteiger partial charge in [0.25, 0.3) is 5.91 Å². The number of halogens is 3. The van der Waals surface area contributed by atoms with Crippen LogP contribution in [0.25, 0.3) is 0 Å². The molecule has 1 aliphatic rings. The Labute approximate surface area is 152 Å². The lowest BCUT2D eigenvalue weighted by atomic mass is 9.95. The quantitative estimate of drug-likeness (QED) is 0.755. The Morgan fingerprint density at radius 2 is 1.88 bits per heavy atom. The van der Waals surface area contributed by atoms with Gasteiger partial charge in [0, 0.05) is 11.8 Å². The smallest absolute Gasteiger partial charge is 0.405 e. The molecule has 26 heavy (non-hydrogen) atoms. The first-order valence-electron chi connectivity index (χ1n) is 8.06. The monoisotopic (exact) mass is 392 g/mol. The van der Waals surface area contributed by atoms with Gasteiger partial charge in [0.2, 0.25) is 5.91 Å². The number of fused-ring (bicyclic) bond motifs is 1. The molecule has 6 nitrogen and oxygen atoms in total. The van der Waals surface area contributed by atoms with E-state index >= 15 is 0 Å². The van der Waals surface area contributed by atoms with Crippen LogP contribution in [0, 0.1) is 0 Å². The largest absolute Gasteiger partial charge is 0.449 e. The van der Waals surface area contributed by atoms with Gasteiger partial charge in [-0.2, -0.15) is 13.2 Å². The molecule has 2 rings (SSSR count). The number of thiophene rings is 1. The van der Waals surface area contributed by atoms with Crippen molar-refractivity contribution in [2.75, 3.05) is 11.9 Å². The fourth-order valence-electron chi connectivity index (χ4n) is 2.63. The van der Waals surface area contributed by atoms with Crippen molar-refractivity contribution in [2.45, 2.75) is 51.8 Å². The van der Waals surface area contributed by atoms with Gasteiger partial charge in [-0.05, 0) is 38.2 Å². The van der Waals surface area contributed by atoms with E-state index in [-0.39, 0.29) is 11.5 Å². The van der Waals surface area contributed by atoms with Crippen LogP contribution in [0.4, 0.5) is 18.2 Å². The van der Waals surface area contributed by atoms with Crippen molar-refractivity contribution in [3.05, 3.63) is 16.0 Å². The van der Waals surface area contributed by atoms with Gasteiger partial charge in [-0.15, -0.1) is 11.3 Å². The van der Waals surface area contributed by atoms with Crippen LogP contribution < -0.4 is 10.6 Å². The molecule has 144 valence electrons. The standard InChI is InChI=1S/C16H19F3N2O4S/c1-8(13(23)20-7-16(17,18)19)25-15(24)12-10-5-3-4-6-11(10)26-14(12)21-9(2)22/h8H,3-7H2,1-2H3,(H,20,23)(H,21,22). The molecular weight excluding hydrogens is 373 g/mol. The fraction of sp³-hybridized carbons (Fsp3) is 0.562. The van der Waals surface area contributed by atoms with E-state index < -0.39 is 30.7 Å². The van der Waals surface area contributed by atoms with E-state index in [1.807, 2.05) is 0 Å². The van der Waals surface area contributed by atoms with E-state index in [1.54, 1.807) is 5.32 Å². The maximum absolute atomic E-state index is 12.5. The molecular formula is C16H19F3N2O4S. The molecule has 0 aliphatic heterocycles.